The second-order valence-electron chi connectivity index (χ2n) is 5.98. The Morgan fingerprint density at radius 2 is 1.26 bits per heavy atom. The molecular weight excluding hydrogens is 447 g/mol. The van der Waals surface area contributed by atoms with E-state index >= 15 is 0 Å². The quantitative estimate of drug-likeness (QED) is 0.255. The van der Waals surface area contributed by atoms with E-state index in [1.54, 1.807) is 0 Å². The van der Waals surface area contributed by atoms with Gasteiger partial charge in [-0.2, -0.15) is 0 Å². The van der Waals surface area contributed by atoms with Crippen molar-refractivity contribution in [3.63, 3.8) is 0 Å². The second kappa shape index (κ2) is 20.1. The van der Waals surface area contributed by atoms with Gasteiger partial charge in [-0.3, -0.25) is 0 Å². The van der Waals surface area contributed by atoms with Gasteiger partial charge in [0.05, 0.1) is 6.10 Å². The zero-order valence-electron chi connectivity index (χ0n) is 15.3. The van der Waals surface area contributed by atoms with E-state index in [4.69, 9.17) is 9.30 Å². The second-order valence-corrected chi connectivity index (χ2v) is 5.98. The smallest absolute Gasteiger partial charge is 0.0312 e. The van der Waals surface area contributed by atoms with Crippen molar-refractivity contribution in [1.29, 1.82) is 0 Å². The number of allylic oxidation sites excluding steroid dienone is 3. The van der Waals surface area contributed by atoms with Crippen LogP contribution in [-0.4, -0.2) is 18.5 Å². The van der Waals surface area contributed by atoms with Crippen molar-refractivity contribution in [2.24, 2.45) is 11.3 Å². The van der Waals surface area contributed by atoms with Crippen LogP contribution in [-0.2, 0) is 30.4 Å². The fourth-order valence-corrected chi connectivity index (χ4v) is 1.80. The monoisotopic (exact) mass is 472 g/mol. The van der Waals surface area contributed by atoms with Crippen molar-refractivity contribution in [3.05, 3.63) is 69.7 Å². The van der Waals surface area contributed by atoms with Gasteiger partial charge in [0, 0.05) is 5.92 Å². The van der Waals surface area contributed by atoms with Gasteiger partial charge in [0.15, 0.2) is 0 Å². The Balaban J connectivity index is -0.000000148. The molecule has 0 aliphatic heterocycles. The fourth-order valence-electron chi connectivity index (χ4n) is 1.80. The molecule has 2 aliphatic rings. The molecule has 0 amide bonds. The van der Waals surface area contributed by atoms with Crippen LogP contribution in [0.5, 0.6) is 0 Å². The van der Waals surface area contributed by atoms with Crippen LogP contribution in [0, 0.1) is 56.7 Å². The zero-order chi connectivity index (χ0) is 21.2. The van der Waals surface area contributed by atoms with E-state index in [9.17, 15) is 22.4 Å². The maximum Gasteiger partial charge on any atom is 2.00 e. The molecule has 0 aromatic carbocycles. The van der Waals surface area contributed by atoms with Crippen LogP contribution in [0.3, 0.4) is 0 Å². The number of aliphatic hydroxyl groups excluding tert-OH is 1. The Labute approximate surface area is 174 Å². The van der Waals surface area contributed by atoms with Crippen LogP contribution in [0.25, 0.3) is 0 Å². The molecule has 0 saturated heterocycles. The van der Waals surface area contributed by atoms with E-state index in [0.29, 0.717) is 5.92 Å². The van der Waals surface area contributed by atoms with E-state index in [1.165, 1.54) is 0 Å². The Bertz CT molecular complexity index is 406. The maximum absolute atomic E-state index is 9.93. The summed E-state index contributed by atoms with van der Waals surface area (Å²) in [6, 6.07) is 0. The van der Waals surface area contributed by atoms with Gasteiger partial charge in [-0.15, -0.1) is 0 Å². The first-order chi connectivity index (χ1) is 12.0. The molecule has 0 bridgehead atoms. The third kappa shape index (κ3) is 27.7. The van der Waals surface area contributed by atoms with Crippen molar-refractivity contribution >= 4 is 7.25 Å². The molecule has 27 heavy (non-hydrogen) atoms. The topological polar surface area (TPSA) is 60.0 Å². The molecule has 1 N–H and O–H groups in total. The minimum Gasteiger partial charge on any atom is -0.0312 e. The maximum atomic E-state index is 9.93. The summed E-state index contributed by atoms with van der Waals surface area (Å²) in [5, 5.41) is 9.93. The molecule has 0 unspecified atom stereocenters. The summed E-state index contributed by atoms with van der Waals surface area (Å²) in [6.45, 7) is 15.2. The van der Waals surface area contributed by atoms with E-state index in [2.05, 4.69) is 46.2 Å². The summed E-state index contributed by atoms with van der Waals surface area (Å²) >= 11 is 0. The molecule has 0 heterocycles. The van der Waals surface area contributed by atoms with Gasteiger partial charge in [0.2, 0.25) is 0 Å². The SMILES string of the molecule is CC(C)(C)[C@H](O)[C@@H]1C=CC=CC1.F[B-](F)(F)F.[C-]#[O+].[C-]#[O+].[CH]1[CH][CH][CH][CH]1.[Mo+2]. The van der Waals surface area contributed by atoms with E-state index < -0.39 is 7.25 Å². The first kappa shape index (κ1) is 33.9. The Hall–Kier alpha value is -0.607. The molecule has 3 nitrogen and oxygen atoms in total. The zero-order valence-corrected chi connectivity index (χ0v) is 17.3. The Kier molecular flexibility index (Phi) is 25.3. The van der Waals surface area contributed by atoms with Gasteiger partial charge in [-0.25, -0.2) is 0 Å². The van der Waals surface area contributed by atoms with Crippen LogP contribution >= 0.6 is 0 Å². The van der Waals surface area contributed by atoms with Crippen molar-refractivity contribution in [2.45, 2.75) is 33.3 Å². The van der Waals surface area contributed by atoms with Gasteiger partial charge in [0.25, 0.3) is 0 Å². The molecular formula is C18H23BF4MoO3+. The average Bonchev–Trinajstić information content (AvgIpc) is 3.16. The largest absolute Gasteiger partial charge is 2.00 e. The van der Waals surface area contributed by atoms with Crippen molar-refractivity contribution in [3.8, 4) is 0 Å². The molecule has 5 radical (unpaired) electrons. The molecule has 2 atom stereocenters. The van der Waals surface area contributed by atoms with Crippen molar-refractivity contribution in [2.75, 3.05) is 0 Å². The average molecular weight is 470 g/mol. The molecule has 9 heteroatoms. The fraction of sp³-hybridized carbons (Fsp3) is 0.389. The molecule has 1 fully saturated rings. The third-order valence-electron chi connectivity index (χ3n) is 2.86. The number of hydrogen-bond acceptors (Lipinski definition) is 1. The minimum atomic E-state index is -6.00. The van der Waals surface area contributed by atoms with Gasteiger partial charge < -0.3 is 22.4 Å². The van der Waals surface area contributed by atoms with Gasteiger partial charge in [-0.1, -0.05) is 45.1 Å². The van der Waals surface area contributed by atoms with Gasteiger partial charge in [0.1, 0.15) is 0 Å². The van der Waals surface area contributed by atoms with Crippen LogP contribution in [0.4, 0.5) is 17.3 Å². The Morgan fingerprint density at radius 1 is 0.926 bits per heavy atom. The van der Waals surface area contributed by atoms with Gasteiger partial charge in [-0.05, 0) is 43.9 Å². The van der Waals surface area contributed by atoms with Crippen molar-refractivity contribution in [1.82, 2.24) is 0 Å². The minimum absolute atomic E-state index is 0. The van der Waals surface area contributed by atoms with Crippen LogP contribution < -0.4 is 0 Å². The molecule has 0 aromatic rings. The molecule has 2 aliphatic carbocycles. The summed E-state index contributed by atoms with van der Waals surface area (Å²) < 4.78 is 54.0. The summed E-state index contributed by atoms with van der Waals surface area (Å²) in [5.41, 5.74) is -0.0137. The third-order valence-corrected chi connectivity index (χ3v) is 2.86. The predicted molar refractivity (Wildman–Crippen MR) is 91.4 cm³/mol. The number of halogens is 4. The number of aliphatic hydroxyl groups is 1. The number of hydrogen-bond donors (Lipinski definition) is 1. The van der Waals surface area contributed by atoms with Crippen LogP contribution in [0.1, 0.15) is 27.2 Å². The van der Waals surface area contributed by atoms with E-state index in [1.807, 2.05) is 44.3 Å². The summed E-state index contributed by atoms with van der Waals surface area (Å²) in [7, 11) is -6.00. The normalized spacial score (nSPS) is 18.3. The first-order valence-corrected chi connectivity index (χ1v) is 7.48. The first-order valence-electron chi connectivity index (χ1n) is 7.48. The Morgan fingerprint density at radius 3 is 1.48 bits per heavy atom. The summed E-state index contributed by atoms with van der Waals surface area (Å²) in [5.74, 6) is 0.301. The predicted octanol–water partition coefficient (Wildman–Crippen LogP) is 4.77. The summed E-state index contributed by atoms with van der Waals surface area (Å²) in [6.07, 6.45) is 19.0. The van der Waals surface area contributed by atoms with Crippen LogP contribution in [0.2, 0.25) is 0 Å². The van der Waals surface area contributed by atoms with E-state index in [-0.39, 0.29) is 32.6 Å². The van der Waals surface area contributed by atoms with Crippen LogP contribution in [0.15, 0.2) is 24.3 Å². The molecule has 1 saturated carbocycles. The van der Waals surface area contributed by atoms with E-state index in [0.717, 1.165) is 6.42 Å². The van der Waals surface area contributed by atoms with Gasteiger partial charge >= 0.3 is 50.9 Å². The molecule has 0 spiro atoms. The molecule has 0 aromatic heterocycles. The van der Waals surface area contributed by atoms with Crippen molar-refractivity contribution < 1.29 is 52.7 Å². The number of rotatable bonds is 1. The summed E-state index contributed by atoms with van der Waals surface area (Å²) in [4.78, 5) is 0. The standard InChI is InChI=1S/C11H18O.C5H5.2CO.BF4.Mo/c1-11(2,3)10(12)9-7-5-4-6-8-9;1-2-4-5-3-1;2*1-2;2-1(3,4)5;/h4-7,9-10,12H,8H2,1-3H3;1-5H;;;;/q;;;;-1;+2/t9-,10-;;;;;/m1...../s1. The molecule has 149 valence electrons. The molecule has 2 rings (SSSR count).